The highest BCUT2D eigenvalue weighted by molar-refractivity contribution is 7.98. The zero-order chi connectivity index (χ0) is 17.6. The minimum absolute atomic E-state index is 0.0239. The summed E-state index contributed by atoms with van der Waals surface area (Å²) in [6.45, 7) is 10.2. The van der Waals surface area contributed by atoms with E-state index < -0.39 is 0 Å². The van der Waals surface area contributed by atoms with Crippen molar-refractivity contribution in [3.05, 3.63) is 28.8 Å². The molecule has 3 aromatic rings. The van der Waals surface area contributed by atoms with Crippen LogP contribution in [0.1, 0.15) is 40.7 Å². The lowest BCUT2D eigenvalue weighted by atomic mass is 10.1. The van der Waals surface area contributed by atoms with Gasteiger partial charge in [-0.25, -0.2) is 19.3 Å². The van der Waals surface area contributed by atoms with Crippen LogP contribution in [0.2, 0.25) is 0 Å². The molecule has 0 atom stereocenters. The van der Waals surface area contributed by atoms with Crippen LogP contribution in [-0.4, -0.2) is 35.4 Å². The van der Waals surface area contributed by atoms with Crippen molar-refractivity contribution < 1.29 is 0 Å². The molecule has 0 saturated carbocycles. The Labute approximate surface area is 144 Å². The van der Waals surface area contributed by atoms with E-state index in [-0.39, 0.29) is 17.1 Å². The monoisotopic (exact) mass is 346 g/mol. The van der Waals surface area contributed by atoms with Gasteiger partial charge in [0.1, 0.15) is 5.39 Å². The van der Waals surface area contributed by atoms with E-state index in [0.29, 0.717) is 22.0 Å². The Kier molecular flexibility index (Phi) is 4.03. The summed E-state index contributed by atoms with van der Waals surface area (Å²) in [5.41, 5.74) is 0.356. The Hall–Kier alpha value is -2.09. The van der Waals surface area contributed by atoms with Gasteiger partial charge in [-0.15, -0.1) is 0 Å². The molecule has 128 valence electrons. The summed E-state index contributed by atoms with van der Waals surface area (Å²) >= 11 is 1.45. The maximum atomic E-state index is 12.8. The van der Waals surface area contributed by atoms with E-state index in [1.807, 2.05) is 37.0 Å². The normalized spacial score (nSPS) is 12.5. The zero-order valence-electron chi connectivity index (χ0n) is 14.8. The molecule has 0 aromatic carbocycles. The van der Waals surface area contributed by atoms with E-state index in [9.17, 15) is 4.79 Å². The van der Waals surface area contributed by atoms with Crippen LogP contribution in [0.25, 0.3) is 16.9 Å². The smallest absolute Gasteiger partial charge is 0.267 e. The largest absolute Gasteiger partial charge is 0.278 e. The molecule has 0 amide bonds. The maximum absolute atomic E-state index is 12.8. The molecule has 8 heteroatoms. The van der Waals surface area contributed by atoms with Crippen molar-refractivity contribution in [1.82, 2.24) is 29.1 Å². The summed E-state index contributed by atoms with van der Waals surface area (Å²) in [7, 11) is 0. The fourth-order valence-electron chi connectivity index (χ4n) is 2.57. The average Bonchev–Trinajstić information content (AvgIpc) is 3.09. The highest BCUT2D eigenvalue weighted by Crippen LogP contribution is 2.21. The topological polar surface area (TPSA) is 70.5 Å². The number of hydrogen-bond acceptors (Lipinski definition) is 5. The van der Waals surface area contributed by atoms with Crippen LogP contribution in [0.4, 0.5) is 0 Å². The molecular weight excluding hydrogens is 324 g/mol. The molecule has 3 heterocycles. The van der Waals surface area contributed by atoms with Crippen LogP contribution >= 0.6 is 11.8 Å². The van der Waals surface area contributed by atoms with Crippen molar-refractivity contribution in [1.29, 1.82) is 0 Å². The summed E-state index contributed by atoms with van der Waals surface area (Å²) in [4.78, 5) is 21.6. The SMILES string of the molecule is CSc1ncc2c(=O)n(C(C)C)n(-c3ccn(C(C)(C)C)n3)c2n1. The fourth-order valence-corrected chi connectivity index (χ4v) is 2.91. The maximum Gasteiger partial charge on any atom is 0.278 e. The Morgan fingerprint density at radius 1 is 1.25 bits per heavy atom. The molecule has 0 radical (unpaired) electrons. The summed E-state index contributed by atoms with van der Waals surface area (Å²) in [6.07, 6.45) is 5.44. The summed E-state index contributed by atoms with van der Waals surface area (Å²) in [5.74, 6) is 0.677. The van der Waals surface area contributed by atoms with Crippen LogP contribution in [-0.2, 0) is 5.54 Å². The lowest BCUT2D eigenvalue weighted by molar-refractivity contribution is 0.352. The summed E-state index contributed by atoms with van der Waals surface area (Å²) in [6, 6.07) is 1.88. The molecule has 0 N–H and O–H groups in total. The first-order valence-corrected chi connectivity index (χ1v) is 9.07. The van der Waals surface area contributed by atoms with E-state index in [1.165, 1.54) is 11.8 Å². The molecule has 24 heavy (non-hydrogen) atoms. The molecule has 0 unspecified atom stereocenters. The quantitative estimate of drug-likeness (QED) is 0.539. The van der Waals surface area contributed by atoms with Gasteiger partial charge in [0, 0.05) is 24.5 Å². The Morgan fingerprint density at radius 2 is 1.96 bits per heavy atom. The third kappa shape index (κ3) is 2.64. The zero-order valence-corrected chi connectivity index (χ0v) is 15.6. The van der Waals surface area contributed by atoms with E-state index >= 15 is 0 Å². The molecule has 0 spiro atoms. The van der Waals surface area contributed by atoms with Gasteiger partial charge in [-0.3, -0.25) is 9.48 Å². The van der Waals surface area contributed by atoms with Gasteiger partial charge in [-0.1, -0.05) is 11.8 Å². The van der Waals surface area contributed by atoms with Gasteiger partial charge in [0.15, 0.2) is 16.6 Å². The van der Waals surface area contributed by atoms with E-state index in [2.05, 4.69) is 35.8 Å². The second-order valence-electron chi connectivity index (χ2n) is 6.94. The Bertz CT molecular complexity index is 944. The highest BCUT2D eigenvalue weighted by Gasteiger charge is 2.22. The first-order chi connectivity index (χ1) is 11.2. The van der Waals surface area contributed by atoms with Gasteiger partial charge < -0.3 is 0 Å². The standard InChI is InChI=1S/C16H22N6OS/c1-10(2)21-14(23)11-9-17-15(24-6)18-13(11)22(21)12-7-8-20(19-12)16(3,4)5/h7-10H,1-6H3. The van der Waals surface area contributed by atoms with Crippen molar-refractivity contribution in [3.8, 4) is 5.82 Å². The minimum atomic E-state index is -0.135. The first-order valence-electron chi connectivity index (χ1n) is 7.85. The van der Waals surface area contributed by atoms with Crippen LogP contribution in [0, 0.1) is 0 Å². The molecule has 0 aliphatic rings. The van der Waals surface area contributed by atoms with Crippen LogP contribution in [0.15, 0.2) is 28.4 Å². The molecule has 0 bridgehead atoms. The number of rotatable bonds is 3. The van der Waals surface area contributed by atoms with Crippen molar-refractivity contribution in [2.45, 2.75) is 51.4 Å². The van der Waals surface area contributed by atoms with Gasteiger partial charge in [0.2, 0.25) is 0 Å². The third-order valence-corrected chi connectivity index (χ3v) is 4.31. The predicted octanol–water partition coefficient (Wildman–Crippen LogP) is 2.84. The number of thioether (sulfide) groups is 1. The van der Waals surface area contributed by atoms with Crippen molar-refractivity contribution >= 4 is 22.8 Å². The molecule has 0 aliphatic heterocycles. The molecule has 0 saturated heterocycles. The average molecular weight is 346 g/mol. The predicted molar refractivity (Wildman–Crippen MR) is 96.1 cm³/mol. The van der Waals surface area contributed by atoms with Gasteiger partial charge in [-0.2, -0.15) is 5.10 Å². The summed E-state index contributed by atoms with van der Waals surface area (Å²) in [5, 5.41) is 5.80. The van der Waals surface area contributed by atoms with Crippen LogP contribution in [0.3, 0.4) is 0 Å². The highest BCUT2D eigenvalue weighted by atomic mass is 32.2. The Balaban J connectivity index is 2.34. The minimum Gasteiger partial charge on any atom is -0.267 e. The van der Waals surface area contributed by atoms with Gasteiger partial charge in [0.05, 0.1) is 5.54 Å². The number of aromatic nitrogens is 6. The number of nitrogens with zero attached hydrogens (tertiary/aromatic N) is 6. The van der Waals surface area contributed by atoms with Crippen molar-refractivity contribution in [2.24, 2.45) is 0 Å². The fraction of sp³-hybridized carbons (Fsp3) is 0.500. The molecule has 7 nitrogen and oxygen atoms in total. The van der Waals surface area contributed by atoms with Gasteiger partial charge >= 0.3 is 0 Å². The van der Waals surface area contributed by atoms with Crippen molar-refractivity contribution in [3.63, 3.8) is 0 Å². The van der Waals surface area contributed by atoms with E-state index in [1.54, 1.807) is 15.6 Å². The van der Waals surface area contributed by atoms with Crippen LogP contribution < -0.4 is 5.56 Å². The Morgan fingerprint density at radius 3 is 2.50 bits per heavy atom. The van der Waals surface area contributed by atoms with E-state index in [4.69, 9.17) is 0 Å². The van der Waals surface area contributed by atoms with Crippen molar-refractivity contribution in [2.75, 3.05) is 6.26 Å². The van der Waals surface area contributed by atoms with Gasteiger partial charge in [0.25, 0.3) is 5.56 Å². The number of hydrogen-bond donors (Lipinski definition) is 0. The third-order valence-electron chi connectivity index (χ3n) is 3.75. The summed E-state index contributed by atoms with van der Waals surface area (Å²) < 4.78 is 5.37. The first kappa shape index (κ1) is 16.8. The second kappa shape index (κ2) is 5.77. The molecular formula is C16H22N6OS. The second-order valence-corrected chi connectivity index (χ2v) is 7.71. The lowest BCUT2D eigenvalue weighted by Gasteiger charge is -2.19. The molecule has 0 fully saturated rings. The van der Waals surface area contributed by atoms with Crippen LogP contribution in [0.5, 0.6) is 0 Å². The lowest BCUT2D eigenvalue weighted by Crippen LogP contribution is -2.26. The van der Waals surface area contributed by atoms with Gasteiger partial charge in [-0.05, 0) is 40.9 Å². The van der Waals surface area contributed by atoms with E-state index in [0.717, 1.165) is 0 Å². The molecule has 0 aliphatic carbocycles. The molecule has 3 rings (SSSR count). The number of fused-ring (bicyclic) bond motifs is 1. The molecule has 3 aromatic heterocycles.